The Morgan fingerprint density at radius 3 is 2.45 bits per heavy atom. The fourth-order valence-electron chi connectivity index (χ4n) is 5.71. The average Bonchev–Trinajstić information content (AvgIpc) is 3.78. The summed E-state index contributed by atoms with van der Waals surface area (Å²) in [4.78, 5) is 9.89. The molecule has 0 unspecified atom stereocenters. The van der Waals surface area contributed by atoms with Crippen molar-refractivity contribution >= 4 is 11.0 Å². The molecule has 8 nitrogen and oxygen atoms in total. The van der Waals surface area contributed by atoms with Crippen molar-refractivity contribution < 1.29 is 0 Å². The van der Waals surface area contributed by atoms with E-state index in [9.17, 15) is 0 Å². The molecule has 0 aliphatic heterocycles. The minimum absolute atomic E-state index is 0.594. The van der Waals surface area contributed by atoms with Crippen LogP contribution in [-0.2, 0) is 19.5 Å². The molecule has 3 aromatic heterocycles. The molecule has 1 N–H and O–H groups in total. The number of hydrogen-bond acceptors (Lipinski definition) is 5. The second-order valence-electron chi connectivity index (χ2n) is 11.1. The minimum Gasteiger partial charge on any atom is -0.337 e. The number of imidazole rings is 2. The van der Waals surface area contributed by atoms with Gasteiger partial charge in [-0.2, -0.15) is 5.21 Å². The topological polar surface area (TPSA) is 90.1 Å². The third-order valence-electron chi connectivity index (χ3n) is 7.92. The van der Waals surface area contributed by atoms with Crippen LogP contribution in [0.4, 0.5) is 0 Å². The van der Waals surface area contributed by atoms with Crippen LogP contribution in [-0.4, -0.2) is 39.7 Å². The van der Waals surface area contributed by atoms with Crippen LogP contribution in [0.25, 0.3) is 44.8 Å². The molecule has 8 heteroatoms. The lowest BCUT2D eigenvalue weighted by molar-refractivity contribution is 0.582. The molecule has 42 heavy (non-hydrogen) atoms. The van der Waals surface area contributed by atoms with E-state index in [2.05, 4.69) is 99.2 Å². The van der Waals surface area contributed by atoms with Gasteiger partial charge in [-0.05, 0) is 59.4 Å². The van der Waals surface area contributed by atoms with E-state index in [4.69, 9.17) is 9.97 Å². The fourth-order valence-corrected chi connectivity index (χ4v) is 5.71. The standard InChI is InChI=1S/C34H38N8/c1-4-6-7-10-18-41-22-30(35-23-41)27-19-24(3)33-31(20-27)42(32(36-33)11-5-2)21-25-14-16-26(17-15-25)28-12-8-9-13-29(28)34-37-39-40-38-34/h8-9,12-17,19-20,22-23H,4-7,10-11,18,21H2,1-3H3,(H,37,38,39,40). The lowest BCUT2D eigenvalue weighted by atomic mass is 9.98. The summed E-state index contributed by atoms with van der Waals surface area (Å²) in [6.07, 6.45) is 11.1. The van der Waals surface area contributed by atoms with Crippen LogP contribution >= 0.6 is 0 Å². The Bertz CT molecular complexity index is 1760. The lowest BCUT2D eigenvalue weighted by Gasteiger charge is -2.12. The SMILES string of the molecule is CCCCCCn1cnc(-c2cc(C)c3nc(CCC)n(Cc4ccc(-c5ccccc5-c5nn[nH]n5)cc4)c3c2)c1. The van der Waals surface area contributed by atoms with E-state index in [1.165, 1.54) is 36.8 Å². The number of aromatic amines is 1. The van der Waals surface area contributed by atoms with Gasteiger partial charge in [0.2, 0.25) is 5.82 Å². The molecule has 0 saturated heterocycles. The van der Waals surface area contributed by atoms with Crippen LogP contribution in [0.5, 0.6) is 0 Å². The molecular formula is C34H38N8. The van der Waals surface area contributed by atoms with Crippen LogP contribution in [0, 0.1) is 6.92 Å². The van der Waals surface area contributed by atoms with Gasteiger partial charge in [0.15, 0.2) is 0 Å². The summed E-state index contributed by atoms with van der Waals surface area (Å²) in [6.45, 7) is 8.40. The molecule has 214 valence electrons. The first-order valence-corrected chi connectivity index (χ1v) is 15.1. The maximum absolute atomic E-state index is 5.12. The van der Waals surface area contributed by atoms with Crippen molar-refractivity contribution in [3.8, 4) is 33.8 Å². The zero-order valence-electron chi connectivity index (χ0n) is 24.7. The van der Waals surface area contributed by atoms with E-state index in [0.717, 1.165) is 70.7 Å². The summed E-state index contributed by atoms with van der Waals surface area (Å²) in [5.74, 6) is 1.72. The summed E-state index contributed by atoms with van der Waals surface area (Å²) < 4.78 is 4.61. The number of tetrazole rings is 1. The number of nitrogens with zero attached hydrogens (tertiary/aromatic N) is 7. The third kappa shape index (κ3) is 5.75. The number of unbranched alkanes of at least 4 members (excludes halogenated alkanes) is 3. The van der Waals surface area contributed by atoms with Crippen molar-refractivity contribution in [2.75, 3.05) is 0 Å². The molecule has 0 atom stereocenters. The van der Waals surface area contributed by atoms with Crippen LogP contribution in [0.3, 0.4) is 0 Å². The molecule has 0 spiro atoms. The van der Waals surface area contributed by atoms with Crippen molar-refractivity contribution in [3.63, 3.8) is 0 Å². The van der Waals surface area contributed by atoms with Crippen LogP contribution in [0.2, 0.25) is 0 Å². The van der Waals surface area contributed by atoms with Crippen molar-refractivity contribution in [2.24, 2.45) is 0 Å². The molecule has 3 aromatic carbocycles. The van der Waals surface area contributed by atoms with Crippen molar-refractivity contribution in [1.82, 2.24) is 39.7 Å². The van der Waals surface area contributed by atoms with E-state index in [1.807, 2.05) is 24.5 Å². The second-order valence-corrected chi connectivity index (χ2v) is 11.1. The number of benzene rings is 3. The number of aromatic nitrogens is 8. The average molecular weight is 559 g/mol. The normalized spacial score (nSPS) is 11.5. The van der Waals surface area contributed by atoms with Gasteiger partial charge in [0.05, 0.1) is 23.1 Å². The van der Waals surface area contributed by atoms with Gasteiger partial charge >= 0.3 is 0 Å². The highest BCUT2D eigenvalue weighted by Gasteiger charge is 2.16. The molecule has 0 radical (unpaired) electrons. The number of fused-ring (bicyclic) bond motifs is 1. The largest absolute Gasteiger partial charge is 0.337 e. The third-order valence-corrected chi connectivity index (χ3v) is 7.92. The van der Waals surface area contributed by atoms with Gasteiger partial charge in [0, 0.05) is 36.8 Å². The number of rotatable bonds is 12. The Kier molecular flexibility index (Phi) is 8.21. The Morgan fingerprint density at radius 1 is 0.857 bits per heavy atom. The van der Waals surface area contributed by atoms with Crippen molar-refractivity contribution in [1.29, 1.82) is 0 Å². The van der Waals surface area contributed by atoms with Crippen molar-refractivity contribution in [2.45, 2.75) is 72.4 Å². The highest BCUT2D eigenvalue weighted by Crippen LogP contribution is 2.31. The van der Waals surface area contributed by atoms with Crippen LogP contribution in [0.15, 0.2) is 73.2 Å². The highest BCUT2D eigenvalue weighted by atomic mass is 15.5. The maximum atomic E-state index is 5.12. The maximum Gasteiger partial charge on any atom is 0.205 e. The van der Waals surface area contributed by atoms with Gasteiger partial charge in [-0.3, -0.25) is 0 Å². The first-order valence-electron chi connectivity index (χ1n) is 15.1. The molecule has 0 aliphatic rings. The Balaban J connectivity index is 1.30. The first kappa shape index (κ1) is 27.6. The van der Waals surface area contributed by atoms with Gasteiger partial charge in [0.25, 0.3) is 0 Å². The summed E-state index contributed by atoms with van der Waals surface area (Å²) in [5, 5.41) is 14.7. The highest BCUT2D eigenvalue weighted by molar-refractivity contribution is 5.85. The predicted octanol–water partition coefficient (Wildman–Crippen LogP) is 7.64. The molecular weight excluding hydrogens is 520 g/mol. The quantitative estimate of drug-likeness (QED) is 0.156. The zero-order chi connectivity index (χ0) is 28.9. The summed E-state index contributed by atoms with van der Waals surface area (Å²) in [7, 11) is 0. The summed E-state index contributed by atoms with van der Waals surface area (Å²) in [6, 6.07) is 21.4. The van der Waals surface area contributed by atoms with Gasteiger partial charge in [0.1, 0.15) is 5.82 Å². The van der Waals surface area contributed by atoms with Crippen LogP contribution < -0.4 is 0 Å². The van der Waals surface area contributed by atoms with Crippen LogP contribution in [0.1, 0.15) is 62.9 Å². The van der Waals surface area contributed by atoms with Gasteiger partial charge < -0.3 is 9.13 Å². The van der Waals surface area contributed by atoms with E-state index in [-0.39, 0.29) is 0 Å². The van der Waals surface area contributed by atoms with E-state index in [1.54, 1.807) is 0 Å². The molecule has 6 rings (SSSR count). The summed E-state index contributed by atoms with van der Waals surface area (Å²) in [5.41, 5.74) is 9.97. The lowest BCUT2D eigenvalue weighted by Crippen LogP contribution is -2.05. The molecule has 6 aromatic rings. The van der Waals surface area contributed by atoms with Gasteiger partial charge in [-0.15, -0.1) is 10.2 Å². The smallest absolute Gasteiger partial charge is 0.205 e. The zero-order valence-corrected chi connectivity index (χ0v) is 24.7. The van der Waals surface area contributed by atoms with E-state index < -0.39 is 0 Å². The number of nitrogens with one attached hydrogen (secondary N) is 1. The first-order chi connectivity index (χ1) is 20.6. The van der Waals surface area contributed by atoms with Gasteiger partial charge in [-0.1, -0.05) is 81.6 Å². The molecule has 0 amide bonds. The molecule has 0 aliphatic carbocycles. The van der Waals surface area contributed by atoms with Gasteiger partial charge in [-0.25, -0.2) is 9.97 Å². The Morgan fingerprint density at radius 2 is 1.69 bits per heavy atom. The molecule has 0 bridgehead atoms. The molecule has 3 heterocycles. The summed E-state index contributed by atoms with van der Waals surface area (Å²) >= 11 is 0. The number of H-pyrrole nitrogens is 1. The molecule has 0 fully saturated rings. The predicted molar refractivity (Wildman–Crippen MR) is 168 cm³/mol. The number of hydrogen-bond donors (Lipinski definition) is 1. The Labute approximate surface area is 246 Å². The molecule has 0 saturated carbocycles. The second kappa shape index (κ2) is 12.5. The number of aryl methyl sites for hydroxylation is 3. The van der Waals surface area contributed by atoms with E-state index in [0.29, 0.717) is 5.82 Å². The monoisotopic (exact) mass is 558 g/mol. The minimum atomic E-state index is 0.594. The van der Waals surface area contributed by atoms with E-state index >= 15 is 0 Å². The fraction of sp³-hybridized carbons (Fsp3) is 0.324. The van der Waals surface area contributed by atoms with Crippen molar-refractivity contribution in [3.05, 3.63) is 90.1 Å². The Hall–Kier alpha value is -4.59.